The van der Waals surface area contributed by atoms with Gasteiger partial charge in [-0.3, -0.25) is 14.3 Å². The van der Waals surface area contributed by atoms with Gasteiger partial charge in [0, 0.05) is 38.6 Å². The largest absolute Gasteiger partial charge is 0.355 e. The summed E-state index contributed by atoms with van der Waals surface area (Å²) in [6.45, 7) is 5.95. The molecular formula is C13H21N5O2. The molecule has 0 radical (unpaired) electrons. The van der Waals surface area contributed by atoms with Gasteiger partial charge in [0.05, 0.1) is 0 Å². The Labute approximate surface area is 118 Å². The van der Waals surface area contributed by atoms with E-state index in [-0.39, 0.29) is 11.8 Å². The van der Waals surface area contributed by atoms with Crippen LogP contribution in [0.4, 0.5) is 0 Å². The Morgan fingerprint density at radius 1 is 1.55 bits per heavy atom. The smallest absolute Gasteiger partial charge is 0.247 e. The molecule has 2 N–H and O–H groups in total. The van der Waals surface area contributed by atoms with Gasteiger partial charge in [-0.1, -0.05) is 0 Å². The number of carbonyl (C=O) groups excluding carboxylic acids is 2. The van der Waals surface area contributed by atoms with E-state index in [0.717, 1.165) is 0 Å². The Morgan fingerprint density at radius 3 is 3.00 bits per heavy atom. The minimum atomic E-state index is -0.450. The predicted octanol–water partition coefficient (Wildman–Crippen LogP) is -0.619. The fourth-order valence-corrected chi connectivity index (χ4v) is 2.36. The van der Waals surface area contributed by atoms with Crippen LogP contribution in [-0.4, -0.2) is 58.7 Å². The lowest BCUT2D eigenvalue weighted by molar-refractivity contribution is -0.144. The molecule has 2 heterocycles. The zero-order chi connectivity index (χ0) is 14.5. The van der Waals surface area contributed by atoms with Gasteiger partial charge in [0.15, 0.2) is 0 Å². The Morgan fingerprint density at radius 2 is 2.35 bits per heavy atom. The second-order valence-corrected chi connectivity index (χ2v) is 4.81. The van der Waals surface area contributed by atoms with E-state index in [2.05, 4.69) is 15.7 Å². The summed E-state index contributed by atoms with van der Waals surface area (Å²) >= 11 is 0. The summed E-state index contributed by atoms with van der Waals surface area (Å²) in [6, 6.07) is 0.928. The third kappa shape index (κ3) is 2.98. The van der Waals surface area contributed by atoms with Crippen LogP contribution in [0.5, 0.6) is 0 Å². The molecule has 2 rings (SSSR count). The first kappa shape index (κ1) is 14.5. The van der Waals surface area contributed by atoms with E-state index in [1.807, 2.05) is 6.92 Å². The summed E-state index contributed by atoms with van der Waals surface area (Å²) in [6.07, 6.45) is 3.40. The molecule has 0 saturated carbocycles. The van der Waals surface area contributed by atoms with Crippen molar-refractivity contribution in [2.24, 2.45) is 0 Å². The zero-order valence-electron chi connectivity index (χ0n) is 11.9. The summed E-state index contributed by atoms with van der Waals surface area (Å²) in [4.78, 5) is 26.3. The van der Waals surface area contributed by atoms with Gasteiger partial charge in [0.25, 0.3) is 0 Å². The molecular weight excluding hydrogens is 258 g/mol. The number of nitrogens with zero attached hydrogens (tertiary/aromatic N) is 3. The number of amides is 2. The molecule has 0 bridgehead atoms. The van der Waals surface area contributed by atoms with E-state index in [0.29, 0.717) is 26.2 Å². The van der Waals surface area contributed by atoms with Crippen LogP contribution in [0.15, 0.2) is 18.5 Å². The summed E-state index contributed by atoms with van der Waals surface area (Å²) in [5.74, 6) is -0.188. The van der Waals surface area contributed by atoms with Crippen LogP contribution in [0.1, 0.15) is 19.9 Å². The first-order valence-corrected chi connectivity index (χ1v) is 6.93. The highest BCUT2D eigenvalue weighted by Crippen LogP contribution is 2.13. The van der Waals surface area contributed by atoms with E-state index < -0.39 is 12.1 Å². The molecule has 110 valence electrons. The number of carbonyl (C=O) groups is 2. The van der Waals surface area contributed by atoms with Crippen molar-refractivity contribution in [2.75, 3.05) is 26.2 Å². The lowest BCUT2D eigenvalue weighted by Crippen LogP contribution is -2.60. The molecule has 0 aromatic carbocycles. The van der Waals surface area contributed by atoms with Crippen LogP contribution in [0.3, 0.4) is 0 Å². The third-order valence-corrected chi connectivity index (χ3v) is 3.46. The van der Waals surface area contributed by atoms with Crippen LogP contribution < -0.4 is 10.6 Å². The van der Waals surface area contributed by atoms with Gasteiger partial charge < -0.3 is 15.5 Å². The average molecular weight is 279 g/mol. The Hall–Kier alpha value is -1.89. The van der Waals surface area contributed by atoms with Crippen molar-refractivity contribution in [1.29, 1.82) is 0 Å². The number of piperazine rings is 1. The maximum absolute atomic E-state index is 12.6. The molecule has 2 atom stereocenters. The maximum atomic E-state index is 12.6. The summed E-state index contributed by atoms with van der Waals surface area (Å²) in [5, 5.41) is 10.0. The second-order valence-electron chi connectivity index (χ2n) is 4.81. The quantitative estimate of drug-likeness (QED) is 0.770. The lowest BCUT2D eigenvalue weighted by Gasteiger charge is -2.36. The SMILES string of the molecule is CCNC(=O)C1CNCCN1C(=O)C(C)n1cccn1. The zero-order valence-corrected chi connectivity index (χ0v) is 11.9. The van der Waals surface area contributed by atoms with Gasteiger partial charge in [-0.2, -0.15) is 5.10 Å². The Bertz CT molecular complexity index is 459. The molecule has 7 nitrogen and oxygen atoms in total. The molecule has 7 heteroatoms. The van der Waals surface area contributed by atoms with E-state index in [9.17, 15) is 9.59 Å². The number of rotatable bonds is 4. The summed E-state index contributed by atoms with van der Waals surface area (Å²) in [7, 11) is 0. The maximum Gasteiger partial charge on any atom is 0.247 e. The highest BCUT2D eigenvalue weighted by Gasteiger charge is 2.34. The van der Waals surface area contributed by atoms with Crippen LogP contribution in [0.25, 0.3) is 0 Å². The second kappa shape index (κ2) is 6.51. The minimum absolute atomic E-state index is 0.0774. The fourth-order valence-electron chi connectivity index (χ4n) is 2.36. The average Bonchev–Trinajstić information content (AvgIpc) is 3.00. The first-order chi connectivity index (χ1) is 9.65. The van der Waals surface area contributed by atoms with E-state index >= 15 is 0 Å². The van der Waals surface area contributed by atoms with Gasteiger partial charge in [0.2, 0.25) is 11.8 Å². The molecule has 20 heavy (non-hydrogen) atoms. The molecule has 1 aliphatic heterocycles. The first-order valence-electron chi connectivity index (χ1n) is 6.93. The minimum Gasteiger partial charge on any atom is -0.355 e. The van der Waals surface area contributed by atoms with Crippen molar-refractivity contribution in [3.8, 4) is 0 Å². The van der Waals surface area contributed by atoms with Crippen molar-refractivity contribution in [2.45, 2.75) is 25.9 Å². The molecule has 2 unspecified atom stereocenters. The molecule has 1 aromatic heterocycles. The van der Waals surface area contributed by atoms with E-state index in [4.69, 9.17) is 0 Å². The summed E-state index contributed by atoms with van der Waals surface area (Å²) < 4.78 is 1.61. The van der Waals surface area contributed by atoms with E-state index in [1.54, 1.807) is 35.0 Å². The molecule has 2 amide bonds. The fraction of sp³-hybridized carbons (Fsp3) is 0.615. The number of likely N-dealkylation sites (N-methyl/N-ethyl adjacent to an activating group) is 1. The predicted molar refractivity (Wildman–Crippen MR) is 74.0 cm³/mol. The monoisotopic (exact) mass is 279 g/mol. The van der Waals surface area contributed by atoms with Gasteiger partial charge in [0.1, 0.15) is 12.1 Å². The number of hydrogen-bond acceptors (Lipinski definition) is 4. The highest BCUT2D eigenvalue weighted by atomic mass is 16.2. The van der Waals surface area contributed by atoms with Crippen LogP contribution in [0, 0.1) is 0 Å². The standard InChI is InChI=1S/C13H21N5O2/c1-3-15-12(19)11-9-14-6-8-17(11)13(20)10(2)18-7-4-5-16-18/h4-5,7,10-11,14H,3,6,8-9H2,1-2H3,(H,15,19). The van der Waals surface area contributed by atoms with E-state index in [1.165, 1.54) is 0 Å². The van der Waals surface area contributed by atoms with Crippen LogP contribution in [0.2, 0.25) is 0 Å². The molecule has 1 aliphatic rings. The molecule has 1 fully saturated rings. The third-order valence-electron chi connectivity index (χ3n) is 3.46. The lowest BCUT2D eigenvalue weighted by atomic mass is 10.1. The Kier molecular flexibility index (Phi) is 4.73. The van der Waals surface area contributed by atoms with Gasteiger partial charge >= 0.3 is 0 Å². The van der Waals surface area contributed by atoms with Crippen molar-refractivity contribution >= 4 is 11.8 Å². The van der Waals surface area contributed by atoms with Crippen molar-refractivity contribution < 1.29 is 9.59 Å². The van der Waals surface area contributed by atoms with Gasteiger partial charge in [-0.25, -0.2) is 0 Å². The molecule has 0 aliphatic carbocycles. The summed E-state index contributed by atoms with van der Waals surface area (Å²) in [5.41, 5.74) is 0. The normalized spacial score (nSPS) is 20.5. The number of aromatic nitrogens is 2. The van der Waals surface area contributed by atoms with Crippen molar-refractivity contribution in [3.05, 3.63) is 18.5 Å². The molecule has 1 saturated heterocycles. The molecule has 1 aromatic rings. The topological polar surface area (TPSA) is 79.3 Å². The number of nitrogens with one attached hydrogen (secondary N) is 2. The molecule has 0 spiro atoms. The van der Waals surface area contributed by atoms with Gasteiger partial charge in [-0.05, 0) is 19.9 Å². The van der Waals surface area contributed by atoms with Crippen LogP contribution >= 0.6 is 0 Å². The van der Waals surface area contributed by atoms with Crippen LogP contribution in [-0.2, 0) is 9.59 Å². The highest BCUT2D eigenvalue weighted by molar-refractivity contribution is 5.89. The van der Waals surface area contributed by atoms with Crippen molar-refractivity contribution in [1.82, 2.24) is 25.3 Å². The number of hydrogen-bond donors (Lipinski definition) is 2. The Balaban J connectivity index is 2.11. The van der Waals surface area contributed by atoms with Gasteiger partial charge in [-0.15, -0.1) is 0 Å². The van der Waals surface area contributed by atoms with Crippen molar-refractivity contribution in [3.63, 3.8) is 0 Å².